The largest absolute Gasteiger partial charge is 0.465 e. The standard InChI is InChI=1S/C23H38N2O4S/c1-20(2,3)24-25-23(10,16-15-19(26)28-29-21(4,5)6)27-17-11-13-18(14-12-17)30-22(7,8)9/h11-14H,15-16H2,1-10H3. The monoisotopic (exact) mass is 438 g/mol. The van der Waals surface area contributed by atoms with Gasteiger partial charge in [0.15, 0.2) is 0 Å². The first-order valence-electron chi connectivity index (χ1n) is 10.3. The summed E-state index contributed by atoms with van der Waals surface area (Å²) in [6.45, 7) is 19.7. The normalized spacial score (nSPS) is 15.1. The van der Waals surface area contributed by atoms with Gasteiger partial charge in [-0.1, -0.05) is 20.8 Å². The van der Waals surface area contributed by atoms with Crippen molar-refractivity contribution in [2.24, 2.45) is 10.2 Å². The number of carbonyl (C=O) groups excluding carboxylic acids is 1. The van der Waals surface area contributed by atoms with Gasteiger partial charge in [-0.25, -0.2) is 4.79 Å². The van der Waals surface area contributed by atoms with Crippen molar-refractivity contribution in [2.75, 3.05) is 0 Å². The average molecular weight is 439 g/mol. The van der Waals surface area contributed by atoms with Gasteiger partial charge < -0.3 is 4.74 Å². The fraction of sp³-hybridized carbons (Fsp3) is 0.696. The molecule has 1 unspecified atom stereocenters. The number of azo groups is 1. The van der Waals surface area contributed by atoms with Gasteiger partial charge in [0.05, 0.1) is 12.0 Å². The van der Waals surface area contributed by atoms with Gasteiger partial charge in [-0.3, -0.25) is 4.89 Å². The van der Waals surface area contributed by atoms with Gasteiger partial charge >= 0.3 is 5.97 Å². The Labute approximate surface area is 186 Å². The van der Waals surface area contributed by atoms with Crippen molar-refractivity contribution >= 4 is 17.7 Å². The predicted octanol–water partition coefficient (Wildman–Crippen LogP) is 6.98. The summed E-state index contributed by atoms with van der Waals surface area (Å²) in [4.78, 5) is 23.2. The molecule has 0 bridgehead atoms. The molecule has 170 valence electrons. The van der Waals surface area contributed by atoms with Crippen LogP contribution in [0.15, 0.2) is 39.4 Å². The Balaban J connectivity index is 2.89. The highest BCUT2D eigenvalue weighted by atomic mass is 32.2. The molecule has 7 heteroatoms. The van der Waals surface area contributed by atoms with Gasteiger partial charge in [0.1, 0.15) is 11.4 Å². The molecule has 6 nitrogen and oxygen atoms in total. The maximum atomic E-state index is 12.1. The molecule has 0 spiro atoms. The molecule has 0 amide bonds. The van der Waals surface area contributed by atoms with Crippen LogP contribution in [0.5, 0.6) is 5.75 Å². The Morgan fingerprint density at radius 1 is 0.900 bits per heavy atom. The fourth-order valence-electron chi connectivity index (χ4n) is 2.11. The van der Waals surface area contributed by atoms with Crippen molar-refractivity contribution in [2.45, 2.75) is 109 Å². The van der Waals surface area contributed by atoms with Gasteiger partial charge in [-0.2, -0.15) is 10.0 Å². The van der Waals surface area contributed by atoms with Gasteiger partial charge in [0.25, 0.3) is 0 Å². The third-order valence-corrected chi connectivity index (χ3v) is 4.44. The second-order valence-corrected chi connectivity index (χ2v) is 12.4. The molecule has 1 aromatic carbocycles. The van der Waals surface area contributed by atoms with Crippen LogP contribution in [-0.2, 0) is 14.6 Å². The summed E-state index contributed by atoms with van der Waals surface area (Å²) in [6, 6.07) is 7.88. The van der Waals surface area contributed by atoms with Crippen LogP contribution < -0.4 is 4.74 Å². The Bertz CT molecular complexity index is 713. The van der Waals surface area contributed by atoms with E-state index in [0.29, 0.717) is 12.2 Å². The molecule has 0 aromatic heterocycles. The van der Waals surface area contributed by atoms with E-state index in [1.807, 2.05) is 72.7 Å². The lowest BCUT2D eigenvalue weighted by atomic mass is 10.1. The molecule has 0 saturated heterocycles. The van der Waals surface area contributed by atoms with E-state index in [-0.39, 0.29) is 16.7 Å². The third-order valence-electron chi connectivity index (χ3n) is 3.32. The summed E-state index contributed by atoms with van der Waals surface area (Å²) in [5, 5.41) is 8.80. The second kappa shape index (κ2) is 10.1. The summed E-state index contributed by atoms with van der Waals surface area (Å²) in [7, 11) is 0. The molecular formula is C23H38N2O4S. The minimum Gasteiger partial charge on any atom is -0.465 e. The van der Waals surface area contributed by atoms with Crippen LogP contribution in [0.4, 0.5) is 0 Å². The maximum absolute atomic E-state index is 12.1. The number of thioether (sulfide) groups is 1. The zero-order chi connectivity index (χ0) is 23.2. The van der Waals surface area contributed by atoms with E-state index in [0.717, 1.165) is 4.90 Å². The van der Waals surface area contributed by atoms with Crippen molar-refractivity contribution in [1.29, 1.82) is 0 Å². The van der Waals surface area contributed by atoms with Crippen LogP contribution in [0, 0.1) is 0 Å². The summed E-state index contributed by atoms with van der Waals surface area (Å²) in [5.74, 6) is 0.200. The highest BCUT2D eigenvalue weighted by molar-refractivity contribution is 8.00. The van der Waals surface area contributed by atoms with E-state index in [4.69, 9.17) is 14.5 Å². The van der Waals surface area contributed by atoms with Crippen LogP contribution in [0.1, 0.15) is 82.1 Å². The zero-order valence-corrected chi connectivity index (χ0v) is 21.0. The Kier molecular flexibility index (Phi) is 8.93. The molecule has 0 saturated carbocycles. The number of ether oxygens (including phenoxy) is 1. The lowest BCUT2D eigenvalue weighted by molar-refractivity contribution is -0.320. The first-order valence-corrected chi connectivity index (χ1v) is 11.1. The lowest BCUT2D eigenvalue weighted by Crippen LogP contribution is -2.32. The summed E-state index contributed by atoms with van der Waals surface area (Å²) in [5.41, 5.74) is -1.92. The van der Waals surface area contributed by atoms with Crippen LogP contribution in [0.2, 0.25) is 0 Å². The first kappa shape index (κ1) is 26.4. The minimum atomic E-state index is -1.01. The van der Waals surface area contributed by atoms with E-state index in [1.54, 1.807) is 11.8 Å². The number of carbonyl (C=O) groups is 1. The summed E-state index contributed by atoms with van der Waals surface area (Å²) < 4.78 is 6.29. The molecule has 0 heterocycles. The zero-order valence-electron chi connectivity index (χ0n) is 20.2. The van der Waals surface area contributed by atoms with Crippen molar-refractivity contribution in [1.82, 2.24) is 0 Å². The van der Waals surface area contributed by atoms with Crippen LogP contribution >= 0.6 is 11.8 Å². The number of nitrogens with zero attached hydrogens (tertiary/aromatic N) is 2. The van der Waals surface area contributed by atoms with Gasteiger partial charge in [0.2, 0.25) is 5.72 Å². The molecule has 1 aromatic rings. The molecule has 0 radical (unpaired) electrons. The first-order chi connectivity index (χ1) is 13.5. The molecule has 1 rings (SSSR count). The highest BCUT2D eigenvalue weighted by Gasteiger charge is 2.29. The van der Waals surface area contributed by atoms with Crippen molar-refractivity contribution < 1.29 is 19.3 Å². The maximum Gasteiger partial charge on any atom is 0.342 e. The third kappa shape index (κ3) is 12.2. The van der Waals surface area contributed by atoms with E-state index in [9.17, 15) is 4.79 Å². The van der Waals surface area contributed by atoms with Crippen molar-refractivity contribution in [3.8, 4) is 5.75 Å². The fourth-order valence-corrected chi connectivity index (χ4v) is 3.09. The number of rotatable bonds is 8. The Morgan fingerprint density at radius 2 is 1.47 bits per heavy atom. The van der Waals surface area contributed by atoms with E-state index in [2.05, 4.69) is 31.0 Å². The van der Waals surface area contributed by atoms with Crippen LogP contribution in [0.25, 0.3) is 0 Å². The Morgan fingerprint density at radius 3 is 1.93 bits per heavy atom. The quantitative estimate of drug-likeness (QED) is 0.190. The van der Waals surface area contributed by atoms with Gasteiger partial charge in [0, 0.05) is 16.1 Å². The van der Waals surface area contributed by atoms with Crippen LogP contribution in [-0.4, -0.2) is 27.6 Å². The molecule has 1 atom stereocenters. The molecule has 0 aliphatic carbocycles. The molecule has 0 aliphatic heterocycles. The summed E-state index contributed by atoms with van der Waals surface area (Å²) in [6.07, 6.45) is 0.394. The SMILES string of the molecule is CC(C)(C)N=NC(C)(CCC(=O)OOC(C)(C)C)Oc1ccc(SC(C)(C)C)cc1. The molecule has 30 heavy (non-hydrogen) atoms. The van der Waals surface area contributed by atoms with E-state index >= 15 is 0 Å². The lowest BCUT2D eigenvalue weighted by Gasteiger charge is -2.27. The minimum absolute atomic E-state index is 0.0910. The van der Waals surface area contributed by atoms with Gasteiger partial charge in [-0.15, -0.1) is 16.9 Å². The van der Waals surface area contributed by atoms with Crippen molar-refractivity contribution in [3.05, 3.63) is 24.3 Å². The topological polar surface area (TPSA) is 69.5 Å². The highest BCUT2D eigenvalue weighted by Crippen LogP contribution is 2.34. The molecule has 0 aliphatic rings. The summed E-state index contributed by atoms with van der Waals surface area (Å²) >= 11 is 1.79. The van der Waals surface area contributed by atoms with E-state index < -0.39 is 17.3 Å². The molecule has 0 fully saturated rings. The van der Waals surface area contributed by atoms with Crippen LogP contribution in [0.3, 0.4) is 0 Å². The van der Waals surface area contributed by atoms with E-state index in [1.165, 1.54) is 0 Å². The number of benzene rings is 1. The molecule has 0 N–H and O–H groups in total. The van der Waals surface area contributed by atoms with Gasteiger partial charge in [-0.05, 0) is 72.7 Å². The number of hydrogen-bond donors (Lipinski definition) is 0. The average Bonchev–Trinajstić information content (AvgIpc) is 2.56. The van der Waals surface area contributed by atoms with Crippen molar-refractivity contribution in [3.63, 3.8) is 0 Å². The number of hydrogen-bond acceptors (Lipinski definition) is 7. The predicted molar refractivity (Wildman–Crippen MR) is 122 cm³/mol. The molecular weight excluding hydrogens is 400 g/mol. The second-order valence-electron chi connectivity index (χ2n) is 10.5. The Hall–Kier alpha value is -1.60. The smallest absolute Gasteiger partial charge is 0.342 e.